The van der Waals surface area contributed by atoms with Crippen LogP contribution in [0.5, 0.6) is 0 Å². The van der Waals surface area contributed by atoms with Crippen LogP contribution in [0.25, 0.3) is 12.2 Å². The summed E-state index contributed by atoms with van der Waals surface area (Å²) in [4.78, 5) is 34.9. The number of hydrogen-bond acceptors (Lipinski definition) is 7. The van der Waals surface area contributed by atoms with Gasteiger partial charge in [0.05, 0.1) is 6.61 Å². The maximum Gasteiger partial charge on any atom is 0.347 e. The predicted octanol–water partition coefficient (Wildman–Crippen LogP) is 3.60. The SMILES string of the molecule is C=Nc1[nH]cc(/C=C2\OC(N3CCCCCC3)=C(C(=O)OCCOC)C2=O)c1/C=C\C. The van der Waals surface area contributed by atoms with Gasteiger partial charge in [0, 0.05) is 37.5 Å². The lowest BCUT2D eigenvalue weighted by Crippen LogP contribution is -2.27. The van der Waals surface area contributed by atoms with E-state index in [2.05, 4.69) is 16.7 Å². The standard InChI is InChI=1S/C23H29N3O5/c1-4-9-17-16(15-25-21(17)24-2)14-18-20(27)19(23(28)30-13-12-29-3)22(31-18)26-10-7-5-6-8-11-26/h4,9,14-15,25H,2,5-8,10-13H2,1,3H3/b9-4-,18-14-. The van der Waals surface area contributed by atoms with Gasteiger partial charge in [0.1, 0.15) is 12.4 Å². The van der Waals surface area contributed by atoms with E-state index < -0.39 is 11.8 Å². The van der Waals surface area contributed by atoms with E-state index in [0.717, 1.165) is 44.3 Å². The first-order valence-electron chi connectivity index (χ1n) is 10.5. The summed E-state index contributed by atoms with van der Waals surface area (Å²) in [5.74, 6) is -0.220. The first-order valence-corrected chi connectivity index (χ1v) is 10.5. The largest absolute Gasteiger partial charge is 0.459 e. The fourth-order valence-electron chi connectivity index (χ4n) is 3.65. The van der Waals surface area contributed by atoms with Gasteiger partial charge in [-0.15, -0.1) is 0 Å². The number of hydrogen-bond donors (Lipinski definition) is 1. The molecule has 0 aromatic carbocycles. The van der Waals surface area contributed by atoms with Crippen LogP contribution in [0.4, 0.5) is 5.82 Å². The highest BCUT2D eigenvalue weighted by molar-refractivity contribution is 6.26. The number of esters is 1. The number of rotatable bonds is 8. The van der Waals surface area contributed by atoms with Gasteiger partial charge in [-0.05, 0) is 32.6 Å². The lowest BCUT2D eigenvalue weighted by atomic mass is 10.1. The van der Waals surface area contributed by atoms with Gasteiger partial charge < -0.3 is 24.1 Å². The highest BCUT2D eigenvalue weighted by Gasteiger charge is 2.39. The van der Waals surface area contributed by atoms with Gasteiger partial charge >= 0.3 is 5.97 Å². The summed E-state index contributed by atoms with van der Waals surface area (Å²) in [5, 5.41) is 0. The smallest absolute Gasteiger partial charge is 0.347 e. The Morgan fingerprint density at radius 3 is 2.68 bits per heavy atom. The number of ether oxygens (including phenoxy) is 3. The molecule has 0 unspecified atom stereocenters. The van der Waals surface area contributed by atoms with Crippen molar-refractivity contribution in [2.45, 2.75) is 32.6 Å². The lowest BCUT2D eigenvalue weighted by molar-refractivity contribution is -0.141. The van der Waals surface area contributed by atoms with Gasteiger partial charge in [0.25, 0.3) is 0 Å². The number of aromatic nitrogens is 1. The number of aliphatic imine (C=N–C) groups is 1. The Hall–Kier alpha value is -3.13. The molecule has 1 saturated heterocycles. The van der Waals surface area contributed by atoms with Gasteiger partial charge in [0.15, 0.2) is 11.3 Å². The quantitative estimate of drug-likeness (QED) is 0.224. The molecule has 0 atom stereocenters. The first kappa shape index (κ1) is 22.6. The van der Waals surface area contributed by atoms with Gasteiger partial charge in [-0.25, -0.2) is 9.79 Å². The Bertz CT molecular complexity index is 918. The molecular formula is C23H29N3O5. The monoisotopic (exact) mass is 427 g/mol. The number of nitrogens with one attached hydrogen (secondary N) is 1. The Balaban J connectivity index is 1.95. The van der Waals surface area contributed by atoms with Crippen molar-refractivity contribution >= 4 is 36.4 Å². The van der Waals surface area contributed by atoms with Gasteiger partial charge in [-0.1, -0.05) is 25.0 Å². The second-order valence-electron chi connectivity index (χ2n) is 7.31. The average molecular weight is 428 g/mol. The highest BCUT2D eigenvalue weighted by Crippen LogP contribution is 2.33. The van der Waals surface area contributed by atoms with Crippen molar-refractivity contribution in [1.29, 1.82) is 0 Å². The van der Waals surface area contributed by atoms with Crippen molar-refractivity contribution in [2.24, 2.45) is 4.99 Å². The van der Waals surface area contributed by atoms with Crippen LogP contribution in [-0.4, -0.2) is 61.8 Å². The van der Waals surface area contributed by atoms with Gasteiger partial charge in [0.2, 0.25) is 11.7 Å². The van der Waals surface area contributed by atoms with Crippen LogP contribution in [0.2, 0.25) is 0 Å². The summed E-state index contributed by atoms with van der Waals surface area (Å²) in [6, 6.07) is 0. The van der Waals surface area contributed by atoms with Crippen molar-refractivity contribution in [3.63, 3.8) is 0 Å². The number of likely N-dealkylation sites (tertiary alicyclic amines) is 1. The third-order valence-corrected chi connectivity index (χ3v) is 5.20. The van der Waals surface area contributed by atoms with E-state index in [4.69, 9.17) is 14.2 Å². The van der Waals surface area contributed by atoms with Crippen molar-refractivity contribution in [1.82, 2.24) is 9.88 Å². The van der Waals surface area contributed by atoms with E-state index in [1.54, 1.807) is 12.3 Å². The number of carbonyl (C=O) groups excluding carboxylic acids is 2. The van der Waals surface area contributed by atoms with E-state index in [1.807, 2.05) is 24.0 Å². The number of H-pyrrole nitrogens is 1. The van der Waals surface area contributed by atoms with Crippen LogP contribution >= 0.6 is 0 Å². The van der Waals surface area contributed by atoms with E-state index in [0.29, 0.717) is 11.4 Å². The number of allylic oxidation sites excluding steroid dienone is 2. The average Bonchev–Trinajstić information content (AvgIpc) is 3.16. The van der Waals surface area contributed by atoms with Crippen LogP contribution in [-0.2, 0) is 23.8 Å². The molecule has 0 spiro atoms. The summed E-state index contributed by atoms with van der Waals surface area (Å²) in [5.41, 5.74) is 1.44. The molecule has 1 aromatic heterocycles. The number of carbonyl (C=O) groups is 2. The second-order valence-corrected chi connectivity index (χ2v) is 7.31. The van der Waals surface area contributed by atoms with Gasteiger partial charge in [-0.2, -0.15) is 0 Å². The van der Waals surface area contributed by atoms with E-state index >= 15 is 0 Å². The van der Waals surface area contributed by atoms with Crippen LogP contribution < -0.4 is 0 Å². The second kappa shape index (κ2) is 10.8. The number of Topliss-reactive ketones (excluding diaryl/α,β-unsaturated/α-hetero) is 1. The van der Waals surface area contributed by atoms with Crippen LogP contribution in [0.3, 0.4) is 0 Å². The predicted molar refractivity (Wildman–Crippen MR) is 119 cm³/mol. The zero-order valence-corrected chi connectivity index (χ0v) is 18.1. The molecule has 2 aliphatic rings. The Kier molecular flexibility index (Phi) is 7.83. The molecule has 31 heavy (non-hydrogen) atoms. The zero-order valence-electron chi connectivity index (χ0n) is 18.1. The fourth-order valence-corrected chi connectivity index (χ4v) is 3.65. The maximum atomic E-state index is 13.2. The molecule has 1 aromatic rings. The molecule has 0 saturated carbocycles. The molecule has 3 rings (SSSR count). The number of nitrogens with zero attached hydrogens (tertiary/aromatic N) is 2. The molecule has 1 N–H and O–H groups in total. The molecular weight excluding hydrogens is 398 g/mol. The molecule has 1 fully saturated rings. The molecule has 0 bridgehead atoms. The summed E-state index contributed by atoms with van der Waals surface area (Å²) >= 11 is 0. The summed E-state index contributed by atoms with van der Waals surface area (Å²) in [6.45, 7) is 7.23. The third kappa shape index (κ3) is 5.14. The highest BCUT2D eigenvalue weighted by atomic mass is 16.6. The lowest BCUT2D eigenvalue weighted by Gasteiger charge is -2.23. The fraction of sp³-hybridized carbons (Fsp3) is 0.435. The Morgan fingerprint density at radius 2 is 2.03 bits per heavy atom. The van der Waals surface area contributed by atoms with Gasteiger partial charge in [-0.3, -0.25) is 4.79 Å². The number of ketones is 1. The molecule has 166 valence electrons. The van der Waals surface area contributed by atoms with Crippen LogP contribution in [0.1, 0.15) is 43.7 Å². The van der Waals surface area contributed by atoms with Crippen LogP contribution in [0.15, 0.2) is 34.5 Å². The molecule has 8 heteroatoms. The number of methoxy groups -OCH3 is 1. The van der Waals surface area contributed by atoms with E-state index in [9.17, 15) is 9.59 Å². The Labute approximate surface area is 182 Å². The minimum absolute atomic E-state index is 0.0607. The van der Waals surface area contributed by atoms with Crippen molar-refractivity contribution in [2.75, 3.05) is 33.4 Å². The molecule has 0 amide bonds. The van der Waals surface area contributed by atoms with Crippen molar-refractivity contribution < 1.29 is 23.8 Å². The number of aromatic amines is 1. The summed E-state index contributed by atoms with van der Waals surface area (Å²) in [6.07, 6.45) is 11.3. The minimum Gasteiger partial charge on any atom is -0.459 e. The molecule has 8 nitrogen and oxygen atoms in total. The van der Waals surface area contributed by atoms with Crippen molar-refractivity contribution in [3.8, 4) is 0 Å². The van der Waals surface area contributed by atoms with Crippen LogP contribution in [0, 0.1) is 0 Å². The van der Waals surface area contributed by atoms with E-state index in [-0.39, 0.29) is 30.4 Å². The van der Waals surface area contributed by atoms with E-state index in [1.165, 1.54) is 7.11 Å². The topological polar surface area (TPSA) is 93.2 Å². The normalized spacial score (nSPS) is 18.6. The molecule has 0 radical (unpaired) electrons. The zero-order chi connectivity index (χ0) is 22.2. The molecule has 2 aliphatic heterocycles. The maximum absolute atomic E-state index is 13.2. The molecule has 3 heterocycles. The molecule has 0 aliphatic carbocycles. The Morgan fingerprint density at radius 1 is 1.29 bits per heavy atom. The summed E-state index contributed by atoms with van der Waals surface area (Å²) < 4.78 is 16.2. The van der Waals surface area contributed by atoms with Crippen molar-refractivity contribution in [3.05, 3.63) is 40.6 Å². The first-order chi connectivity index (χ1) is 15.1. The third-order valence-electron chi connectivity index (χ3n) is 5.20. The minimum atomic E-state index is -0.694. The summed E-state index contributed by atoms with van der Waals surface area (Å²) in [7, 11) is 1.52.